The Labute approximate surface area is 372 Å². The minimum absolute atomic E-state index is 0.672. The van der Waals surface area contributed by atoms with Crippen molar-refractivity contribution in [2.24, 2.45) is 0 Å². The Bertz CT molecular complexity index is 3480. The molecule has 11 aromatic carbocycles. The summed E-state index contributed by atoms with van der Waals surface area (Å²) in [6.07, 6.45) is 0. The van der Waals surface area contributed by atoms with Gasteiger partial charge in [0, 0.05) is 16.7 Å². The number of benzene rings is 11. The van der Waals surface area contributed by atoms with Crippen molar-refractivity contribution in [2.45, 2.75) is 0 Å². The maximum Gasteiger partial charge on any atom is 0.160 e. The number of rotatable bonds is 7. The summed E-state index contributed by atoms with van der Waals surface area (Å²) in [7, 11) is 0. The van der Waals surface area contributed by atoms with E-state index in [4.69, 9.17) is 9.97 Å². The summed E-state index contributed by atoms with van der Waals surface area (Å²) in [4.78, 5) is 10.9. The molecule has 0 aliphatic carbocycles. The Morgan fingerprint density at radius 2 is 0.500 bits per heavy atom. The molecule has 0 unspecified atom stereocenters. The summed E-state index contributed by atoms with van der Waals surface area (Å²) in [6, 6.07) is 87.5. The molecule has 0 aliphatic heterocycles. The van der Waals surface area contributed by atoms with Gasteiger partial charge in [-0.15, -0.1) is 0 Å². The first kappa shape index (κ1) is 37.3. The Morgan fingerprint density at radius 1 is 0.172 bits per heavy atom. The van der Waals surface area contributed by atoms with Gasteiger partial charge in [-0.1, -0.05) is 170 Å². The molecule has 0 aliphatic rings. The van der Waals surface area contributed by atoms with Crippen LogP contribution in [0.1, 0.15) is 0 Å². The Kier molecular flexibility index (Phi) is 9.20. The molecule has 64 heavy (non-hydrogen) atoms. The first-order chi connectivity index (χ1) is 31.6. The number of nitrogens with zero attached hydrogens (tertiary/aromatic N) is 2. The van der Waals surface area contributed by atoms with Crippen LogP contribution in [-0.2, 0) is 0 Å². The van der Waals surface area contributed by atoms with Gasteiger partial charge in [0.15, 0.2) is 5.82 Å². The fourth-order valence-corrected chi connectivity index (χ4v) is 9.18. The van der Waals surface area contributed by atoms with Crippen LogP contribution in [0, 0.1) is 0 Å². The van der Waals surface area contributed by atoms with Crippen LogP contribution in [0.5, 0.6) is 0 Å². The van der Waals surface area contributed by atoms with Crippen molar-refractivity contribution in [3.05, 3.63) is 243 Å². The molecule has 2 heteroatoms. The number of hydrogen-bond donors (Lipinski definition) is 0. The first-order valence-corrected chi connectivity index (χ1v) is 21.9. The lowest BCUT2D eigenvalue weighted by atomic mass is 9.92. The molecule has 1 aromatic heterocycles. The van der Waals surface area contributed by atoms with Crippen LogP contribution in [0.15, 0.2) is 243 Å². The average molecular weight is 813 g/mol. The second kappa shape index (κ2) is 15.8. The Morgan fingerprint density at radius 3 is 0.938 bits per heavy atom. The van der Waals surface area contributed by atoms with E-state index in [1.54, 1.807) is 0 Å². The molecular formula is C62H40N2. The number of hydrogen-bond acceptors (Lipinski definition) is 2. The van der Waals surface area contributed by atoms with Crippen LogP contribution in [0.3, 0.4) is 0 Å². The normalized spacial score (nSPS) is 11.4. The van der Waals surface area contributed by atoms with Crippen LogP contribution in [0.4, 0.5) is 0 Å². The van der Waals surface area contributed by atoms with E-state index in [9.17, 15) is 0 Å². The van der Waals surface area contributed by atoms with Gasteiger partial charge in [-0.2, -0.15) is 0 Å². The van der Waals surface area contributed by atoms with Gasteiger partial charge in [0.25, 0.3) is 0 Å². The van der Waals surface area contributed by atoms with Gasteiger partial charge < -0.3 is 0 Å². The zero-order valence-electron chi connectivity index (χ0n) is 35.0. The van der Waals surface area contributed by atoms with Crippen molar-refractivity contribution >= 4 is 43.1 Å². The van der Waals surface area contributed by atoms with Crippen molar-refractivity contribution in [1.29, 1.82) is 0 Å². The standard InChI is InChI=1S/C62H40N2/c1-3-13-41(14-4-1)43-21-11-23-49(29-43)57-37-58(50-24-12-22-44(30-50)42-15-5-2-6-16-42)39-59(38-57)62-63-60(53-27-25-51-31-45-17-7-9-19-47(45)33-55(51)35-53)40-61(64-62)54-28-26-52-32-46-18-8-10-20-48(46)34-56(52)36-54/h1-40H. The highest BCUT2D eigenvalue weighted by Crippen LogP contribution is 2.38. The monoisotopic (exact) mass is 812 g/mol. The van der Waals surface area contributed by atoms with Gasteiger partial charge in [0.2, 0.25) is 0 Å². The molecular weight excluding hydrogens is 773 g/mol. The van der Waals surface area contributed by atoms with Crippen molar-refractivity contribution in [1.82, 2.24) is 9.97 Å². The molecule has 12 rings (SSSR count). The minimum atomic E-state index is 0.672. The third kappa shape index (κ3) is 7.17. The molecule has 298 valence electrons. The summed E-state index contributed by atoms with van der Waals surface area (Å²) < 4.78 is 0. The van der Waals surface area contributed by atoms with Crippen molar-refractivity contribution in [2.75, 3.05) is 0 Å². The zero-order valence-corrected chi connectivity index (χ0v) is 35.0. The van der Waals surface area contributed by atoms with E-state index in [-0.39, 0.29) is 0 Å². The molecule has 0 spiro atoms. The van der Waals surface area contributed by atoms with Crippen LogP contribution < -0.4 is 0 Å². The third-order valence-electron chi connectivity index (χ3n) is 12.5. The van der Waals surface area contributed by atoms with Crippen LogP contribution in [0.25, 0.3) is 122 Å². The predicted molar refractivity (Wildman–Crippen MR) is 270 cm³/mol. The largest absolute Gasteiger partial charge is 0.228 e. The molecule has 2 nitrogen and oxygen atoms in total. The molecule has 0 N–H and O–H groups in total. The summed E-state index contributed by atoms with van der Waals surface area (Å²) in [5.41, 5.74) is 13.9. The van der Waals surface area contributed by atoms with Gasteiger partial charge in [0.1, 0.15) is 0 Å². The first-order valence-electron chi connectivity index (χ1n) is 21.9. The summed E-state index contributed by atoms with van der Waals surface area (Å²) in [5, 5.41) is 9.66. The SMILES string of the molecule is c1ccc(-c2cccc(-c3cc(-c4cccc(-c5ccccc5)c4)cc(-c4nc(-c5ccc6cc7ccccc7cc6c5)cc(-c5ccc6cc7ccccc7cc6c5)n4)c3)c2)cc1. The molecule has 12 aromatic rings. The molecule has 0 saturated carbocycles. The van der Waals surface area contributed by atoms with Gasteiger partial charge >= 0.3 is 0 Å². The summed E-state index contributed by atoms with van der Waals surface area (Å²) in [6.45, 7) is 0. The van der Waals surface area contributed by atoms with E-state index in [2.05, 4.69) is 243 Å². The number of fused-ring (bicyclic) bond motifs is 4. The van der Waals surface area contributed by atoms with E-state index >= 15 is 0 Å². The maximum absolute atomic E-state index is 5.46. The second-order valence-electron chi connectivity index (χ2n) is 16.7. The van der Waals surface area contributed by atoms with Gasteiger partial charge in [-0.3, -0.25) is 0 Å². The highest BCUT2D eigenvalue weighted by Gasteiger charge is 2.16. The Hall–Kier alpha value is -8.46. The smallest absolute Gasteiger partial charge is 0.160 e. The lowest BCUT2D eigenvalue weighted by Gasteiger charge is -2.15. The molecule has 0 saturated heterocycles. The lowest BCUT2D eigenvalue weighted by molar-refractivity contribution is 1.18. The summed E-state index contributed by atoms with van der Waals surface area (Å²) in [5.74, 6) is 0.672. The predicted octanol–water partition coefficient (Wildman–Crippen LogP) is 16.8. The van der Waals surface area contributed by atoms with Gasteiger partial charge in [-0.05, 0) is 160 Å². The minimum Gasteiger partial charge on any atom is -0.228 e. The van der Waals surface area contributed by atoms with Crippen molar-refractivity contribution < 1.29 is 0 Å². The topological polar surface area (TPSA) is 25.8 Å². The fourth-order valence-electron chi connectivity index (χ4n) is 9.18. The third-order valence-corrected chi connectivity index (χ3v) is 12.5. The van der Waals surface area contributed by atoms with Crippen molar-refractivity contribution in [3.63, 3.8) is 0 Å². The average Bonchev–Trinajstić information content (AvgIpc) is 3.37. The van der Waals surface area contributed by atoms with E-state index in [0.717, 1.165) is 50.3 Å². The van der Waals surface area contributed by atoms with E-state index < -0.39 is 0 Å². The van der Waals surface area contributed by atoms with Crippen LogP contribution in [0.2, 0.25) is 0 Å². The van der Waals surface area contributed by atoms with Crippen molar-refractivity contribution in [3.8, 4) is 78.4 Å². The Balaban J connectivity index is 1.07. The van der Waals surface area contributed by atoms with Gasteiger partial charge in [0.05, 0.1) is 11.4 Å². The van der Waals surface area contributed by atoms with E-state index in [1.165, 1.54) is 65.3 Å². The van der Waals surface area contributed by atoms with E-state index in [1.807, 2.05) is 0 Å². The molecule has 0 amide bonds. The second-order valence-corrected chi connectivity index (χ2v) is 16.7. The lowest BCUT2D eigenvalue weighted by Crippen LogP contribution is -1.97. The highest BCUT2D eigenvalue weighted by atomic mass is 14.9. The maximum atomic E-state index is 5.46. The van der Waals surface area contributed by atoms with E-state index in [0.29, 0.717) is 5.82 Å². The molecule has 0 radical (unpaired) electrons. The highest BCUT2D eigenvalue weighted by molar-refractivity contribution is 6.01. The molecule has 0 atom stereocenters. The fraction of sp³-hybridized carbons (Fsp3) is 0. The van der Waals surface area contributed by atoms with Crippen LogP contribution >= 0.6 is 0 Å². The quantitative estimate of drug-likeness (QED) is 0.150. The van der Waals surface area contributed by atoms with Crippen LogP contribution in [-0.4, -0.2) is 9.97 Å². The number of aromatic nitrogens is 2. The van der Waals surface area contributed by atoms with Gasteiger partial charge in [-0.25, -0.2) is 9.97 Å². The molecule has 0 bridgehead atoms. The molecule has 0 fully saturated rings. The zero-order chi connectivity index (χ0) is 42.4. The molecule has 1 heterocycles. The summed E-state index contributed by atoms with van der Waals surface area (Å²) >= 11 is 0.